The number of furan rings is 1. The van der Waals surface area contributed by atoms with Crippen LogP contribution < -0.4 is 0 Å². The molecule has 0 N–H and O–H groups in total. The predicted molar refractivity (Wildman–Crippen MR) is 196 cm³/mol. The Labute approximate surface area is 275 Å². The Kier molecular flexibility index (Phi) is 5.50. The van der Waals surface area contributed by atoms with Crippen LogP contribution in [0.25, 0.3) is 87.1 Å². The van der Waals surface area contributed by atoms with Gasteiger partial charge in [0.05, 0.1) is 11.4 Å². The summed E-state index contributed by atoms with van der Waals surface area (Å²) in [7, 11) is 0. The molecule has 0 aliphatic heterocycles. The van der Waals surface area contributed by atoms with Crippen molar-refractivity contribution in [2.45, 2.75) is 19.3 Å². The second-order valence-corrected chi connectivity index (χ2v) is 14.0. The number of fused-ring (bicyclic) bond motifs is 9. The lowest BCUT2D eigenvalue weighted by Crippen LogP contribution is -2.14. The van der Waals surface area contributed by atoms with Crippen molar-refractivity contribution in [3.63, 3.8) is 0 Å². The van der Waals surface area contributed by atoms with Crippen molar-refractivity contribution in [1.82, 2.24) is 9.97 Å². The van der Waals surface area contributed by atoms with Gasteiger partial charge in [0.25, 0.3) is 0 Å². The summed E-state index contributed by atoms with van der Waals surface area (Å²) >= 11 is 1.81. The molecule has 0 bridgehead atoms. The van der Waals surface area contributed by atoms with E-state index in [1.165, 1.54) is 42.4 Å². The Hall–Kier alpha value is -5.58. The number of thiophene rings is 1. The summed E-state index contributed by atoms with van der Waals surface area (Å²) in [6, 6.07) is 47.3. The first kappa shape index (κ1) is 26.6. The second kappa shape index (κ2) is 9.71. The highest BCUT2D eigenvalue weighted by molar-refractivity contribution is 7.25. The van der Waals surface area contributed by atoms with Gasteiger partial charge in [-0.25, -0.2) is 9.97 Å². The van der Waals surface area contributed by atoms with Gasteiger partial charge in [0, 0.05) is 53.1 Å². The fourth-order valence-corrected chi connectivity index (χ4v) is 8.85. The molecule has 47 heavy (non-hydrogen) atoms. The van der Waals surface area contributed by atoms with Crippen LogP contribution in [0, 0.1) is 0 Å². The molecule has 9 aromatic rings. The zero-order valence-corrected chi connectivity index (χ0v) is 26.7. The summed E-state index contributed by atoms with van der Waals surface area (Å²) in [6.45, 7) is 4.64. The van der Waals surface area contributed by atoms with Crippen LogP contribution in [0.4, 0.5) is 0 Å². The molecule has 1 aliphatic rings. The smallest absolute Gasteiger partial charge is 0.161 e. The summed E-state index contributed by atoms with van der Waals surface area (Å²) in [5.74, 6) is 0.711. The van der Waals surface area contributed by atoms with Crippen molar-refractivity contribution in [3.8, 4) is 45.0 Å². The molecule has 1 aliphatic carbocycles. The third kappa shape index (κ3) is 3.79. The third-order valence-electron chi connectivity index (χ3n) is 9.93. The van der Waals surface area contributed by atoms with Gasteiger partial charge in [0.2, 0.25) is 0 Å². The zero-order valence-electron chi connectivity index (χ0n) is 25.9. The summed E-state index contributed by atoms with van der Waals surface area (Å²) in [5, 5.41) is 4.62. The highest BCUT2D eigenvalue weighted by atomic mass is 32.1. The minimum absolute atomic E-state index is 0.109. The minimum atomic E-state index is -0.109. The molecule has 222 valence electrons. The van der Waals surface area contributed by atoms with Gasteiger partial charge in [0.1, 0.15) is 11.2 Å². The lowest BCUT2D eigenvalue weighted by molar-refractivity contribution is 0.660. The Morgan fingerprint density at radius 3 is 2.06 bits per heavy atom. The van der Waals surface area contributed by atoms with Crippen LogP contribution in [0.1, 0.15) is 25.0 Å². The first-order valence-electron chi connectivity index (χ1n) is 16.0. The molecular formula is C43H28N2OS. The van der Waals surface area contributed by atoms with Crippen LogP contribution in [-0.4, -0.2) is 9.97 Å². The number of nitrogens with zero attached hydrogens (tertiary/aromatic N) is 2. The molecule has 0 fully saturated rings. The highest BCUT2D eigenvalue weighted by Gasteiger charge is 2.37. The van der Waals surface area contributed by atoms with Gasteiger partial charge in [-0.2, -0.15) is 0 Å². The molecule has 0 spiro atoms. The maximum atomic E-state index is 6.53. The average Bonchev–Trinajstić information content (AvgIpc) is 3.76. The quantitative estimate of drug-likeness (QED) is 0.197. The van der Waals surface area contributed by atoms with Crippen LogP contribution >= 0.6 is 11.3 Å². The minimum Gasteiger partial charge on any atom is -0.455 e. The van der Waals surface area contributed by atoms with Gasteiger partial charge in [-0.3, -0.25) is 0 Å². The van der Waals surface area contributed by atoms with Crippen LogP contribution in [0.2, 0.25) is 0 Å². The standard InChI is InChI=1S/C43H28N2OS/c1-43(2)32-19-6-3-13-27(32)39-28(16-10-20-33(39)43)34-24-35(29-17-9-15-26-25-12-4-7-21-36(25)46-41(26)29)45-42(44-34)31-18-11-23-38-40(31)30-14-5-8-22-37(30)47-38/h3-24H,1-2H3. The Balaban J connectivity index is 1.30. The third-order valence-corrected chi connectivity index (χ3v) is 11.1. The van der Waals surface area contributed by atoms with E-state index in [4.69, 9.17) is 14.4 Å². The predicted octanol–water partition coefficient (Wildman–Crippen LogP) is 12.1. The summed E-state index contributed by atoms with van der Waals surface area (Å²) in [4.78, 5) is 10.8. The molecule has 4 heteroatoms. The molecule has 3 aromatic heterocycles. The number of aromatic nitrogens is 2. The first-order chi connectivity index (χ1) is 23.1. The Morgan fingerprint density at radius 1 is 0.532 bits per heavy atom. The zero-order chi connectivity index (χ0) is 31.3. The molecule has 0 saturated heterocycles. The summed E-state index contributed by atoms with van der Waals surface area (Å²) in [5.41, 5.74) is 11.7. The molecule has 0 unspecified atom stereocenters. The molecule has 0 atom stereocenters. The number of hydrogen-bond donors (Lipinski definition) is 0. The largest absolute Gasteiger partial charge is 0.455 e. The van der Waals surface area contributed by atoms with Gasteiger partial charge in [0.15, 0.2) is 5.82 Å². The first-order valence-corrected chi connectivity index (χ1v) is 16.8. The van der Waals surface area contributed by atoms with Gasteiger partial charge in [-0.05, 0) is 52.6 Å². The fourth-order valence-electron chi connectivity index (χ4n) is 7.72. The van der Waals surface area contributed by atoms with Crippen molar-refractivity contribution < 1.29 is 4.42 Å². The molecule has 0 radical (unpaired) electrons. The van der Waals surface area contributed by atoms with Crippen LogP contribution in [0.5, 0.6) is 0 Å². The second-order valence-electron chi connectivity index (χ2n) is 12.9. The lowest BCUT2D eigenvalue weighted by Gasteiger charge is -2.21. The fraction of sp³-hybridized carbons (Fsp3) is 0.0698. The van der Waals surface area contributed by atoms with Crippen LogP contribution in [-0.2, 0) is 5.41 Å². The maximum Gasteiger partial charge on any atom is 0.161 e. The average molecular weight is 621 g/mol. The van der Waals surface area contributed by atoms with Crippen LogP contribution in [0.3, 0.4) is 0 Å². The number of hydrogen-bond acceptors (Lipinski definition) is 4. The van der Waals surface area contributed by atoms with Crippen molar-refractivity contribution in [3.05, 3.63) is 145 Å². The normalized spacial score (nSPS) is 13.5. The summed E-state index contributed by atoms with van der Waals surface area (Å²) < 4.78 is 9.03. The van der Waals surface area contributed by atoms with Gasteiger partial charge >= 0.3 is 0 Å². The summed E-state index contributed by atoms with van der Waals surface area (Å²) in [6.07, 6.45) is 0. The van der Waals surface area contributed by atoms with E-state index in [-0.39, 0.29) is 5.41 Å². The van der Waals surface area contributed by atoms with E-state index >= 15 is 0 Å². The molecule has 6 aromatic carbocycles. The lowest BCUT2D eigenvalue weighted by atomic mass is 9.82. The van der Waals surface area contributed by atoms with Crippen molar-refractivity contribution in [1.29, 1.82) is 0 Å². The van der Waals surface area contributed by atoms with E-state index in [2.05, 4.69) is 135 Å². The molecule has 3 nitrogen and oxygen atoms in total. The van der Waals surface area contributed by atoms with Crippen molar-refractivity contribution in [2.24, 2.45) is 0 Å². The molecular weight excluding hydrogens is 593 g/mol. The number of para-hydroxylation sites is 2. The molecule has 0 amide bonds. The van der Waals surface area contributed by atoms with Crippen LogP contribution in [0.15, 0.2) is 138 Å². The van der Waals surface area contributed by atoms with Gasteiger partial charge in [-0.15, -0.1) is 11.3 Å². The van der Waals surface area contributed by atoms with E-state index in [1.807, 2.05) is 23.5 Å². The van der Waals surface area contributed by atoms with Crippen molar-refractivity contribution in [2.75, 3.05) is 0 Å². The monoisotopic (exact) mass is 620 g/mol. The topological polar surface area (TPSA) is 38.9 Å². The van der Waals surface area contributed by atoms with E-state index in [9.17, 15) is 0 Å². The highest BCUT2D eigenvalue weighted by Crippen LogP contribution is 2.52. The molecule has 3 heterocycles. The van der Waals surface area contributed by atoms with E-state index < -0.39 is 0 Å². The van der Waals surface area contributed by atoms with Gasteiger partial charge < -0.3 is 4.42 Å². The number of benzene rings is 6. The number of rotatable bonds is 3. The maximum absolute atomic E-state index is 6.53. The van der Waals surface area contributed by atoms with E-state index in [1.54, 1.807) is 0 Å². The Bertz CT molecular complexity index is 2730. The molecule has 0 saturated carbocycles. The van der Waals surface area contributed by atoms with E-state index in [0.29, 0.717) is 5.82 Å². The SMILES string of the molecule is CC1(C)c2ccccc2-c2c(-c3cc(-c4cccc5c4oc4ccccc45)nc(-c4cccc5sc6ccccc6c45)n3)cccc21. The van der Waals surface area contributed by atoms with Crippen molar-refractivity contribution >= 4 is 53.4 Å². The Morgan fingerprint density at radius 2 is 1.15 bits per heavy atom. The van der Waals surface area contributed by atoms with E-state index in [0.717, 1.165) is 50.0 Å². The molecule has 10 rings (SSSR count). The van der Waals surface area contributed by atoms with Gasteiger partial charge in [-0.1, -0.05) is 117 Å².